The van der Waals surface area contributed by atoms with Gasteiger partial charge in [0, 0.05) is 6.04 Å². The Hall–Kier alpha value is -1.61. The lowest BCUT2D eigenvalue weighted by Crippen LogP contribution is -2.27. The minimum Gasteiger partial charge on any atom is -0.465 e. The number of benzene rings is 1. The summed E-state index contributed by atoms with van der Waals surface area (Å²) in [5.74, 6) is -0.846. The van der Waals surface area contributed by atoms with Crippen molar-refractivity contribution in [3.8, 4) is 0 Å². The van der Waals surface area contributed by atoms with E-state index in [9.17, 15) is 26.4 Å². The highest BCUT2D eigenvalue weighted by molar-refractivity contribution is 7.88. The molecular weight excluding hydrogens is 311 g/mol. The Labute approximate surface area is 120 Å². The van der Waals surface area contributed by atoms with Gasteiger partial charge in [-0.3, -0.25) is 0 Å². The Morgan fingerprint density at radius 3 is 2.33 bits per heavy atom. The van der Waals surface area contributed by atoms with Crippen molar-refractivity contribution in [1.82, 2.24) is 4.72 Å². The molecule has 1 unspecified atom stereocenters. The highest BCUT2D eigenvalue weighted by Crippen LogP contribution is 2.32. The number of carbonyl (C=O) groups is 1. The third-order valence-electron chi connectivity index (χ3n) is 2.64. The third kappa shape index (κ3) is 4.71. The highest BCUT2D eigenvalue weighted by atomic mass is 32.2. The summed E-state index contributed by atoms with van der Waals surface area (Å²) in [4.78, 5) is 11.6. The second-order valence-corrected chi connectivity index (χ2v) is 6.18. The van der Waals surface area contributed by atoms with E-state index < -0.39 is 33.8 Å². The average Bonchev–Trinajstić information content (AvgIpc) is 2.34. The molecule has 0 aromatic heterocycles. The molecule has 0 heterocycles. The van der Waals surface area contributed by atoms with Crippen molar-refractivity contribution < 1.29 is 31.1 Å². The first-order chi connectivity index (χ1) is 9.45. The normalized spacial score (nSPS) is 13.8. The van der Waals surface area contributed by atoms with Gasteiger partial charge in [0.2, 0.25) is 10.0 Å². The molecule has 5 nitrogen and oxygen atoms in total. The molecule has 1 N–H and O–H groups in total. The molecule has 1 aromatic carbocycles. The predicted octanol–water partition coefficient (Wildman–Crippen LogP) is 2.10. The van der Waals surface area contributed by atoms with Crippen LogP contribution in [0.3, 0.4) is 0 Å². The molecule has 21 heavy (non-hydrogen) atoms. The molecule has 0 saturated carbocycles. The second kappa shape index (κ2) is 6.02. The van der Waals surface area contributed by atoms with Crippen LogP contribution in [0.5, 0.6) is 0 Å². The Kier molecular flexibility index (Phi) is 5.00. The van der Waals surface area contributed by atoms with Crippen molar-refractivity contribution in [2.24, 2.45) is 0 Å². The lowest BCUT2D eigenvalue weighted by Gasteiger charge is -2.18. The van der Waals surface area contributed by atoms with Gasteiger partial charge in [-0.15, -0.1) is 0 Å². The Balaban J connectivity index is 3.39. The lowest BCUT2D eigenvalue weighted by molar-refractivity contribution is -0.137. The van der Waals surface area contributed by atoms with Gasteiger partial charge in [0.1, 0.15) is 0 Å². The van der Waals surface area contributed by atoms with Gasteiger partial charge in [-0.25, -0.2) is 17.9 Å². The van der Waals surface area contributed by atoms with Crippen LogP contribution >= 0.6 is 0 Å². The number of esters is 1. The summed E-state index contributed by atoms with van der Waals surface area (Å²) in [7, 11) is -2.57. The molecular formula is C12H14F3NO4S. The van der Waals surface area contributed by atoms with E-state index in [-0.39, 0.29) is 11.1 Å². The topological polar surface area (TPSA) is 72.5 Å². The Morgan fingerprint density at radius 1 is 1.33 bits per heavy atom. The summed E-state index contributed by atoms with van der Waals surface area (Å²) >= 11 is 0. The predicted molar refractivity (Wildman–Crippen MR) is 69.2 cm³/mol. The van der Waals surface area contributed by atoms with Crippen molar-refractivity contribution in [3.05, 3.63) is 34.9 Å². The molecule has 0 saturated heterocycles. The summed E-state index contributed by atoms with van der Waals surface area (Å²) in [6, 6.07) is 1.42. The maximum atomic E-state index is 12.7. The molecule has 9 heteroatoms. The van der Waals surface area contributed by atoms with Gasteiger partial charge in [0.05, 0.1) is 24.5 Å². The number of sulfonamides is 1. The fourth-order valence-corrected chi connectivity index (χ4v) is 2.55. The van der Waals surface area contributed by atoms with E-state index >= 15 is 0 Å². The summed E-state index contributed by atoms with van der Waals surface area (Å²) in [5, 5.41) is 0. The van der Waals surface area contributed by atoms with Crippen LogP contribution in [0.25, 0.3) is 0 Å². The molecule has 0 aliphatic carbocycles. The molecule has 0 aliphatic heterocycles. The number of methoxy groups -OCH3 is 1. The zero-order valence-corrected chi connectivity index (χ0v) is 12.3. The minimum atomic E-state index is -4.60. The van der Waals surface area contributed by atoms with Gasteiger partial charge in [0.15, 0.2) is 0 Å². The first-order valence-corrected chi connectivity index (χ1v) is 7.61. The van der Waals surface area contributed by atoms with E-state index in [2.05, 4.69) is 9.46 Å². The van der Waals surface area contributed by atoms with E-state index in [0.29, 0.717) is 0 Å². The van der Waals surface area contributed by atoms with Crippen LogP contribution in [0.4, 0.5) is 13.2 Å². The smallest absolute Gasteiger partial charge is 0.416 e. The van der Waals surface area contributed by atoms with Crippen molar-refractivity contribution in [1.29, 1.82) is 0 Å². The summed E-state index contributed by atoms with van der Waals surface area (Å²) in [6.45, 7) is 1.34. The lowest BCUT2D eigenvalue weighted by atomic mass is 9.99. The quantitative estimate of drug-likeness (QED) is 0.861. The van der Waals surface area contributed by atoms with Crippen LogP contribution in [0.15, 0.2) is 18.2 Å². The van der Waals surface area contributed by atoms with E-state index in [0.717, 1.165) is 31.6 Å². The van der Waals surface area contributed by atoms with Gasteiger partial charge in [0.25, 0.3) is 0 Å². The van der Waals surface area contributed by atoms with E-state index in [1.54, 1.807) is 0 Å². The molecule has 0 spiro atoms. The Morgan fingerprint density at radius 2 is 1.90 bits per heavy atom. The van der Waals surface area contributed by atoms with Crippen molar-refractivity contribution in [2.75, 3.05) is 13.4 Å². The summed E-state index contributed by atoms with van der Waals surface area (Å²) in [6.07, 6.45) is -3.73. The Bertz CT molecular complexity index is 640. The number of nitrogens with one attached hydrogen (secondary N) is 1. The SMILES string of the molecule is COC(=O)c1ccc(C(F)(F)F)cc1C(C)NS(C)(=O)=O. The fourth-order valence-electron chi connectivity index (χ4n) is 1.78. The number of carbonyl (C=O) groups excluding carboxylic acids is 1. The van der Waals surface area contributed by atoms with Crippen LogP contribution in [0.2, 0.25) is 0 Å². The number of halogens is 3. The molecule has 1 atom stereocenters. The van der Waals surface area contributed by atoms with Gasteiger partial charge < -0.3 is 4.74 Å². The van der Waals surface area contributed by atoms with E-state index in [4.69, 9.17) is 0 Å². The third-order valence-corrected chi connectivity index (χ3v) is 3.42. The number of ether oxygens (including phenoxy) is 1. The molecule has 0 amide bonds. The number of hydrogen-bond donors (Lipinski definition) is 1. The molecule has 1 rings (SSSR count). The zero-order chi connectivity index (χ0) is 16.4. The zero-order valence-electron chi connectivity index (χ0n) is 11.5. The van der Waals surface area contributed by atoms with Gasteiger partial charge in [-0.2, -0.15) is 13.2 Å². The molecule has 1 aromatic rings. The molecule has 0 aliphatic rings. The van der Waals surface area contributed by atoms with Gasteiger partial charge >= 0.3 is 12.1 Å². The van der Waals surface area contributed by atoms with Crippen molar-refractivity contribution in [2.45, 2.75) is 19.1 Å². The van der Waals surface area contributed by atoms with E-state index in [1.165, 1.54) is 6.92 Å². The number of hydrogen-bond acceptors (Lipinski definition) is 4. The molecule has 0 radical (unpaired) electrons. The summed E-state index contributed by atoms with van der Waals surface area (Å²) < 4.78 is 67.2. The summed E-state index contributed by atoms with van der Waals surface area (Å²) in [5.41, 5.74) is -1.22. The second-order valence-electron chi connectivity index (χ2n) is 4.40. The van der Waals surface area contributed by atoms with Crippen LogP contribution in [0.1, 0.15) is 34.5 Å². The maximum Gasteiger partial charge on any atom is 0.416 e. The van der Waals surface area contributed by atoms with Crippen LogP contribution in [0, 0.1) is 0 Å². The number of rotatable bonds is 4. The van der Waals surface area contributed by atoms with Gasteiger partial charge in [-0.1, -0.05) is 0 Å². The highest BCUT2D eigenvalue weighted by Gasteiger charge is 2.32. The van der Waals surface area contributed by atoms with Crippen LogP contribution in [-0.4, -0.2) is 27.8 Å². The van der Waals surface area contributed by atoms with E-state index in [1.807, 2.05) is 0 Å². The first kappa shape index (κ1) is 17.4. The maximum absolute atomic E-state index is 12.7. The minimum absolute atomic E-state index is 0.109. The van der Waals surface area contributed by atoms with Crippen molar-refractivity contribution >= 4 is 16.0 Å². The molecule has 0 bridgehead atoms. The largest absolute Gasteiger partial charge is 0.465 e. The molecule has 0 fully saturated rings. The average molecular weight is 325 g/mol. The first-order valence-electron chi connectivity index (χ1n) is 5.72. The van der Waals surface area contributed by atoms with Crippen LogP contribution < -0.4 is 4.72 Å². The molecule has 118 valence electrons. The van der Waals surface area contributed by atoms with Gasteiger partial charge in [-0.05, 0) is 30.7 Å². The van der Waals surface area contributed by atoms with Crippen LogP contribution in [-0.2, 0) is 20.9 Å². The monoisotopic (exact) mass is 325 g/mol. The van der Waals surface area contributed by atoms with Crippen molar-refractivity contribution in [3.63, 3.8) is 0 Å². The number of alkyl halides is 3. The standard InChI is InChI=1S/C12H14F3NO4S/c1-7(16-21(3,18)19)10-6-8(12(13,14)15)4-5-9(10)11(17)20-2/h4-7,16H,1-3H3. The fraction of sp³-hybridized carbons (Fsp3) is 0.417.